The molecule has 0 spiro atoms. The number of phenols is 2. The first-order valence-corrected chi connectivity index (χ1v) is 13.2. The Balaban J connectivity index is 1.37. The van der Waals surface area contributed by atoms with Crippen molar-refractivity contribution in [1.29, 1.82) is 0 Å². The number of rotatable bonds is 7. The van der Waals surface area contributed by atoms with Crippen molar-refractivity contribution in [2.24, 2.45) is 0 Å². The van der Waals surface area contributed by atoms with Gasteiger partial charge >= 0.3 is 0 Å². The van der Waals surface area contributed by atoms with E-state index in [1.165, 1.54) is 86.5 Å². The Labute approximate surface area is 195 Å². The lowest BCUT2D eigenvalue weighted by Crippen LogP contribution is -2.06. The maximum Gasteiger partial charge on any atom is 0.121 e. The van der Waals surface area contributed by atoms with Crippen molar-refractivity contribution in [3.8, 4) is 11.5 Å². The van der Waals surface area contributed by atoms with Crippen LogP contribution in [0.2, 0.25) is 0 Å². The van der Waals surface area contributed by atoms with E-state index in [2.05, 4.69) is 38.1 Å². The van der Waals surface area contributed by atoms with E-state index in [0.717, 1.165) is 36.8 Å². The molecule has 0 aliphatic heterocycles. The van der Waals surface area contributed by atoms with Gasteiger partial charge in [-0.3, -0.25) is 0 Å². The molecule has 2 aromatic rings. The standard InChI is InChI=1S/C30H42O2/c1-21-17-23(19-27(29(21)31)25-13-5-3-6-14-25)11-9-10-12-24-18-22(2)30(32)28(20-24)26-15-7-4-8-16-26/h17-20,25-26,31-32H,3-16H2,1-2H3. The van der Waals surface area contributed by atoms with Gasteiger partial charge in [-0.15, -0.1) is 0 Å². The Morgan fingerprint density at radius 3 is 1.34 bits per heavy atom. The highest BCUT2D eigenvalue weighted by molar-refractivity contribution is 5.46. The summed E-state index contributed by atoms with van der Waals surface area (Å²) >= 11 is 0. The van der Waals surface area contributed by atoms with Gasteiger partial charge < -0.3 is 10.2 Å². The monoisotopic (exact) mass is 434 g/mol. The predicted octanol–water partition coefficient (Wildman–Crippen LogP) is 8.38. The van der Waals surface area contributed by atoms with Crippen molar-refractivity contribution in [2.45, 2.75) is 116 Å². The third-order valence-electron chi connectivity index (χ3n) is 8.05. The van der Waals surface area contributed by atoms with Crippen LogP contribution in [0, 0.1) is 13.8 Å². The van der Waals surface area contributed by atoms with Gasteiger partial charge in [-0.05, 0) is 110 Å². The van der Waals surface area contributed by atoms with E-state index in [9.17, 15) is 10.2 Å². The highest BCUT2D eigenvalue weighted by Crippen LogP contribution is 2.40. The van der Waals surface area contributed by atoms with Gasteiger partial charge in [-0.2, -0.15) is 0 Å². The highest BCUT2D eigenvalue weighted by atomic mass is 16.3. The van der Waals surface area contributed by atoms with E-state index < -0.39 is 0 Å². The van der Waals surface area contributed by atoms with Crippen molar-refractivity contribution >= 4 is 0 Å². The molecule has 2 heteroatoms. The summed E-state index contributed by atoms with van der Waals surface area (Å²) in [6.45, 7) is 4.11. The van der Waals surface area contributed by atoms with Crippen LogP contribution in [0.15, 0.2) is 24.3 Å². The fraction of sp³-hybridized carbons (Fsp3) is 0.600. The van der Waals surface area contributed by atoms with E-state index in [0.29, 0.717) is 23.3 Å². The normalized spacial score (nSPS) is 18.2. The molecule has 0 amide bonds. The molecular weight excluding hydrogens is 392 g/mol. The number of benzene rings is 2. The molecule has 0 bridgehead atoms. The fourth-order valence-corrected chi connectivity index (χ4v) is 6.16. The largest absolute Gasteiger partial charge is 0.507 e. The molecule has 2 nitrogen and oxygen atoms in total. The maximum absolute atomic E-state index is 10.7. The van der Waals surface area contributed by atoms with E-state index in [1.807, 2.05) is 0 Å². The molecule has 2 saturated carbocycles. The number of hydrogen-bond acceptors (Lipinski definition) is 2. The molecule has 0 aromatic heterocycles. The number of aromatic hydroxyl groups is 2. The average molecular weight is 435 g/mol. The Kier molecular flexibility index (Phi) is 7.81. The molecule has 2 aliphatic carbocycles. The van der Waals surface area contributed by atoms with Crippen molar-refractivity contribution in [1.82, 2.24) is 0 Å². The summed E-state index contributed by atoms with van der Waals surface area (Å²) < 4.78 is 0. The van der Waals surface area contributed by atoms with Crippen LogP contribution in [0.25, 0.3) is 0 Å². The van der Waals surface area contributed by atoms with Crippen LogP contribution in [-0.2, 0) is 12.8 Å². The number of phenolic OH excluding ortho intramolecular Hbond substituents is 2. The summed E-state index contributed by atoms with van der Waals surface area (Å²) in [5.41, 5.74) is 7.23. The van der Waals surface area contributed by atoms with E-state index in [-0.39, 0.29) is 0 Å². The number of unbranched alkanes of at least 4 members (excludes halogenated alkanes) is 1. The Bertz CT molecular complexity index is 826. The zero-order valence-electron chi connectivity index (χ0n) is 20.3. The van der Waals surface area contributed by atoms with Crippen LogP contribution in [0.5, 0.6) is 11.5 Å². The van der Waals surface area contributed by atoms with Gasteiger partial charge in [0, 0.05) is 0 Å². The minimum atomic E-state index is 0.537. The lowest BCUT2D eigenvalue weighted by atomic mass is 9.82. The van der Waals surface area contributed by atoms with Crippen LogP contribution in [-0.4, -0.2) is 10.2 Å². The quantitative estimate of drug-likeness (QED) is 0.430. The molecular formula is C30H42O2. The second kappa shape index (κ2) is 10.8. The van der Waals surface area contributed by atoms with Crippen LogP contribution < -0.4 is 0 Å². The molecule has 32 heavy (non-hydrogen) atoms. The van der Waals surface area contributed by atoms with E-state index >= 15 is 0 Å². The molecule has 2 aliphatic rings. The smallest absolute Gasteiger partial charge is 0.121 e. The molecule has 2 fully saturated rings. The molecule has 0 saturated heterocycles. The number of hydrogen-bond donors (Lipinski definition) is 2. The SMILES string of the molecule is Cc1cc(CCCCc2cc(C)c(O)c(C3CCCCC3)c2)cc(C2CCCCC2)c1O. The van der Waals surface area contributed by atoms with Gasteiger partial charge in [-0.1, -0.05) is 62.8 Å². The zero-order chi connectivity index (χ0) is 22.5. The van der Waals surface area contributed by atoms with Gasteiger partial charge in [-0.25, -0.2) is 0 Å². The lowest BCUT2D eigenvalue weighted by Gasteiger charge is -2.24. The van der Waals surface area contributed by atoms with Gasteiger partial charge in [0.2, 0.25) is 0 Å². The first kappa shape index (κ1) is 23.2. The van der Waals surface area contributed by atoms with E-state index in [4.69, 9.17) is 0 Å². The fourth-order valence-electron chi connectivity index (χ4n) is 6.16. The molecule has 2 aromatic carbocycles. The van der Waals surface area contributed by atoms with Crippen molar-refractivity contribution in [2.75, 3.05) is 0 Å². The molecule has 2 N–H and O–H groups in total. The van der Waals surface area contributed by atoms with Crippen LogP contribution >= 0.6 is 0 Å². The highest BCUT2D eigenvalue weighted by Gasteiger charge is 2.21. The third-order valence-corrected chi connectivity index (χ3v) is 8.05. The van der Waals surface area contributed by atoms with Gasteiger partial charge in [0.15, 0.2) is 0 Å². The summed E-state index contributed by atoms with van der Waals surface area (Å²) in [6.07, 6.45) is 17.2. The topological polar surface area (TPSA) is 40.5 Å². The Morgan fingerprint density at radius 2 is 0.969 bits per heavy atom. The molecule has 4 rings (SSSR count). The summed E-state index contributed by atoms with van der Waals surface area (Å²) in [7, 11) is 0. The van der Waals surface area contributed by atoms with Gasteiger partial charge in [0.25, 0.3) is 0 Å². The summed E-state index contributed by atoms with van der Waals surface area (Å²) in [6, 6.07) is 8.97. The summed E-state index contributed by atoms with van der Waals surface area (Å²) in [5.74, 6) is 2.16. The van der Waals surface area contributed by atoms with E-state index in [1.54, 1.807) is 0 Å². The summed E-state index contributed by atoms with van der Waals surface area (Å²) in [4.78, 5) is 0. The van der Waals surface area contributed by atoms with Crippen molar-refractivity contribution < 1.29 is 10.2 Å². The second-order valence-electron chi connectivity index (χ2n) is 10.6. The van der Waals surface area contributed by atoms with Crippen LogP contribution in [0.1, 0.15) is 122 Å². The maximum atomic E-state index is 10.7. The lowest BCUT2D eigenvalue weighted by molar-refractivity contribution is 0.411. The first-order valence-electron chi connectivity index (χ1n) is 13.2. The predicted molar refractivity (Wildman–Crippen MR) is 134 cm³/mol. The minimum Gasteiger partial charge on any atom is -0.507 e. The van der Waals surface area contributed by atoms with Crippen molar-refractivity contribution in [3.63, 3.8) is 0 Å². The van der Waals surface area contributed by atoms with Crippen LogP contribution in [0.3, 0.4) is 0 Å². The third kappa shape index (κ3) is 5.50. The average Bonchev–Trinajstić information content (AvgIpc) is 2.82. The van der Waals surface area contributed by atoms with Gasteiger partial charge in [0.1, 0.15) is 11.5 Å². The Morgan fingerprint density at radius 1 is 0.594 bits per heavy atom. The number of aryl methyl sites for hydroxylation is 4. The van der Waals surface area contributed by atoms with Gasteiger partial charge in [0.05, 0.1) is 0 Å². The van der Waals surface area contributed by atoms with Crippen molar-refractivity contribution in [3.05, 3.63) is 57.6 Å². The minimum absolute atomic E-state index is 0.537. The second-order valence-corrected chi connectivity index (χ2v) is 10.6. The Hall–Kier alpha value is -1.96. The molecule has 0 heterocycles. The molecule has 0 unspecified atom stereocenters. The molecule has 0 atom stereocenters. The zero-order valence-corrected chi connectivity index (χ0v) is 20.3. The molecule has 0 radical (unpaired) electrons. The van der Waals surface area contributed by atoms with Crippen LogP contribution in [0.4, 0.5) is 0 Å². The first-order chi connectivity index (χ1) is 15.5. The molecule has 174 valence electrons. The summed E-state index contributed by atoms with van der Waals surface area (Å²) in [5, 5.41) is 21.3.